The van der Waals surface area contributed by atoms with Crippen LogP contribution in [0.15, 0.2) is 37.2 Å². The molecule has 0 aromatic carbocycles. The third-order valence-electron chi connectivity index (χ3n) is 4.35. The van der Waals surface area contributed by atoms with Crippen molar-refractivity contribution in [3.05, 3.63) is 48.4 Å². The van der Waals surface area contributed by atoms with Crippen LogP contribution in [-0.2, 0) is 0 Å². The highest BCUT2D eigenvalue weighted by molar-refractivity contribution is 5.89. The summed E-state index contributed by atoms with van der Waals surface area (Å²) in [5.74, 6) is 1.33. The van der Waals surface area contributed by atoms with Gasteiger partial charge in [-0.15, -0.1) is 5.10 Å². The van der Waals surface area contributed by atoms with Gasteiger partial charge in [0.25, 0.3) is 0 Å². The summed E-state index contributed by atoms with van der Waals surface area (Å²) in [4.78, 5) is 4.25. The lowest BCUT2D eigenvalue weighted by atomic mass is 10.1. The first-order valence-electron chi connectivity index (χ1n) is 8.28. The van der Waals surface area contributed by atoms with Crippen LogP contribution >= 0.6 is 0 Å². The third-order valence-corrected chi connectivity index (χ3v) is 4.35. The molecule has 0 fully saturated rings. The molecule has 3 N–H and O–H groups in total. The molecule has 0 bridgehead atoms. The average molecular weight is 337 g/mol. The van der Waals surface area contributed by atoms with Crippen LogP contribution in [-0.4, -0.2) is 31.4 Å². The standard InChI is InChI=1S/C18H23N7/c1-5-12(2)15-6-9-21-24(15)10-7-13(3)14-8-11-25-16(14)17(20-4)22-18(19)23-25/h6-12H,3,5H2,1-2,4H3,(H3,19,20,22,23)/b10-7-/t12-/m1/s1. The molecule has 7 nitrogen and oxygen atoms in total. The van der Waals surface area contributed by atoms with Crippen molar-refractivity contribution < 1.29 is 0 Å². The quantitative estimate of drug-likeness (QED) is 0.674. The Labute approximate surface area is 146 Å². The molecule has 0 aliphatic carbocycles. The predicted octanol–water partition coefficient (Wildman–Crippen LogP) is 3.25. The van der Waals surface area contributed by atoms with Crippen molar-refractivity contribution in [2.45, 2.75) is 26.2 Å². The highest BCUT2D eigenvalue weighted by Crippen LogP contribution is 2.26. The van der Waals surface area contributed by atoms with Gasteiger partial charge in [-0.3, -0.25) is 0 Å². The average Bonchev–Trinajstić information content (AvgIpc) is 3.24. The molecule has 130 valence electrons. The van der Waals surface area contributed by atoms with Crippen molar-refractivity contribution in [2.24, 2.45) is 0 Å². The van der Waals surface area contributed by atoms with E-state index >= 15 is 0 Å². The number of nitrogens with zero attached hydrogens (tertiary/aromatic N) is 5. The van der Waals surface area contributed by atoms with Crippen molar-refractivity contribution in [3.8, 4) is 0 Å². The van der Waals surface area contributed by atoms with Crippen molar-refractivity contribution in [3.63, 3.8) is 0 Å². The van der Waals surface area contributed by atoms with E-state index in [9.17, 15) is 0 Å². The summed E-state index contributed by atoms with van der Waals surface area (Å²) >= 11 is 0. The van der Waals surface area contributed by atoms with Gasteiger partial charge in [-0.05, 0) is 36.1 Å². The fourth-order valence-corrected chi connectivity index (χ4v) is 2.77. The SMILES string of the molecule is C=C(/C=C\n1nccc1[C@H](C)CC)c1ccn2nc(N)nc(NC)c12. The maximum atomic E-state index is 5.74. The molecule has 0 unspecified atom stereocenters. The molecule has 1 atom stereocenters. The van der Waals surface area contributed by atoms with E-state index in [-0.39, 0.29) is 5.95 Å². The summed E-state index contributed by atoms with van der Waals surface area (Å²) in [5.41, 5.74) is 9.55. The van der Waals surface area contributed by atoms with Crippen LogP contribution in [0.4, 0.5) is 11.8 Å². The van der Waals surface area contributed by atoms with E-state index in [2.05, 4.69) is 40.9 Å². The number of nitrogens with two attached hydrogens (primary N) is 1. The van der Waals surface area contributed by atoms with Gasteiger partial charge in [0.1, 0.15) is 5.52 Å². The molecule has 3 rings (SSSR count). The smallest absolute Gasteiger partial charge is 0.240 e. The van der Waals surface area contributed by atoms with Gasteiger partial charge in [0, 0.05) is 36.9 Å². The van der Waals surface area contributed by atoms with Gasteiger partial charge < -0.3 is 11.1 Å². The molecule has 0 saturated carbocycles. The molecular formula is C18H23N7. The van der Waals surface area contributed by atoms with Gasteiger partial charge in [-0.1, -0.05) is 20.4 Å². The summed E-state index contributed by atoms with van der Waals surface area (Å²) in [5, 5.41) is 11.6. The first-order chi connectivity index (χ1) is 12.0. The van der Waals surface area contributed by atoms with Crippen molar-refractivity contribution in [1.82, 2.24) is 24.4 Å². The monoisotopic (exact) mass is 337 g/mol. The van der Waals surface area contributed by atoms with Crippen molar-refractivity contribution in [1.29, 1.82) is 0 Å². The number of aromatic nitrogens is 5. The molecule has 0 aliphatic rings. The van der Waals surface area contributed by atoms with Crippen LogP contribution in [0.3, 0.4) is 0 Å². The molecule has 0 spiro atoms. The van der Waals surface area contributed by atoms with Gasteiger partial charge in [0.05, 0.1) is 0 Å². The second kappa shape index (κ2) is 6.80. The van der Waals surface area contributed by atoms with Gasteiger partial charge >= 0.3 is 0 Å². The minimum Gasteiger partial charge on any atom is -0.371 e. The first kappa shape index (κ1) is 16.8. The van der Waals surface area contributed by atoms with E-state index in [1.165, 1.54) is 5.69 Å². The van der Waals surface area contributed by atoms with Crippen LogP contribution in [0.5, 0.6) is 0 Å². The van der Waals surface area contributed by atoms with E-state index in [0.717, 1.165) is 23.1 Å². The van der Waals surface area contributed by atoms with E-state index in [0.29, 0.717) is 11.7 Å². The highest BCUT2D eigenvalue weighted by atomic mass is 15.3. The molecule has 3 heterocycles. The number of rotatable bonds is 6. The Morgan fingerprint density at radius 2 is 2.24 bits per heavy atom. The number of nitrogens with one attached hydrogen (secondary N) is 1. The molecule has 3 aromatic rings. The zero-order valence-electron chi connectivity index (χ0n) is 14.8. The zero-order valence-corrected chi connectivity index (χ0v) is 14.8. The summed E-state index contributed by atoms with van der Waals surface area (Å²) in [6.07, 6.45) is 8.61. The van der Waals surface area contributed by atoms with Gasteiger partial charge in [-0.2, -0.15) is 10.1 Å². The van der Waals surface area contributed by atoms with E-state index in [1.54, 1.807) is 11.6 Å². The molecule has 0 amide bonds. The Morgan fingerprint density at radius 1 is 1.44 bits per heavy atom. The van der Waals surface area contributed by atoms with Gasteiger partial charge in [0.2, 0.25) is 5.95 Å². The number of hydrogen-bond donors (Lipinski definition) is 2. The Bertz CT molecular complexity index is 932. The molecule has 25 heavy (non-hydrogen) atoms. The van der Waals surface area contributed by atoms with Gasteiger partial charge in [0.15, 0.2) is 5.82 Å². The molecule has 0 radical (unpaired) electrons. The van der Waals surface area contributed by atoms with Crippen LogP contribution in [0.2, 0.25) is 0 Å². The van der Waals surface area contributed by atoms with Crippen LogP contribution in [0, 0.1) is 0 Å². The molecule has 3 aromatic heterocycles. The normalized spacial score (nSPS) is 12.8. The van der Waals surface area contributed by atoms with E-state index in [4.69, 9.17) is 5.73 Å². The third kappa shape index (κ3) is 3.13. The molecule has 0 saturated heterocycles. The Morgan fingerprint density at radius 3 is 2.96 bits per heavy atom. The fraction of sp³-hybridized carbons (Fsp3) is 0.278. The maximum Gasteiger partial charge on any atom is 0.240 e. The topological polar surface area (TPSA) is 86.1 Å². The predicted molar refractivity (Wildman–Crippen MR) is 102 cm³/mol. The lowest BCUT2D eigenvalue weighted by Gasteiger charge is -2.09. The molecule has 0 aliphatic heterocycles. The van der Waals surface area contributed by atoms with Crippen molar-refractivity contribution in [2.75, 3.05) is 18.1 Å². The second-order valence-corrected chi connectivity index (χ2v) is 5.94. The molecular weight excluding hydrogens is 314 g/mol. The summed E-state index contributed by atoms with van der Waals surface area (Å²) in [6.45, 7) is 8.55. The summed E-state index contributed by atoms with van der Waals surface area (Å²) < 4.78 is 3.60. The number of fused-ring (bicyclic) bond motifs is 1. The minimum atomic E-state index is 0.217. The van der Waals surface area contributed by atoms with Crippen LogP contribution in [0.25, 0.3) is 17.3 Å². The lowest BCUT2D eigenvalue weighted by Crippen LogP contribution is -2.05. The van der Waals surface area contributed by atoms with Gasteiger partial charge in [-0.25, -0.2) is 9.20 Å². The fourth-order valence-electron chi connectivity index (χ4n) is 2.77. The van der Waals surface area contributed by atoms with E-state index < -0.39 is 0 Å². The molecule has 7 heteroatoms. The Hall–Kier alpha value is -3.09. The lowest BCUT2D eigenvalue weighted by molar-refractivity contribution is 0.676. The number of allylic oxidation sites excluding steroid dienone is 2. The second-order valence-electron chi connectivity index (χ2n) is 5.94. The summed E-state index contributed by atoms with van der Waals surface area (Å²) in [7, 11) is 1.80. The first-order valence-corrected chi connectivity index (χ1v) is 8.28. The highest BCUT2D eigenvalue weighted by Gasteiger charge is 2.12. The summed E-state index contributed by atoms with van der Waals surface area (Å²) in [6, 6.07) is 4.00. The van der Waals surface area contributed by atoms with Crippen LogP contribution in [0.1, 0.15) is 37.4 Å². The Balaban J connectivity index is 1.95. The number of anilines is 2. The minimum absolute atomic E-state index is 0.217. The van der Waals surface area contributed by atoms with Crippen molar-refractivity contribution >= 4 is 29.1 Å². The Kier molecular flexibility index (Phi) is 4.56. The number of hydrogen-bond acceptors (Lipinski definition) is 5. The van der Waals surface area contributed by atoms with Crippen LogP contribution < -0.4 is 11.1 Å². The van der Waals surface area contributed by atoms with E-state index in [1.807, 2.05) is 41.5 Å². The maximum absolute atomic E-state index is 5.74. The zero-order chi connectivity index (χ0) is 18.0. The number of nitrogen functional groups attached to an aromatic ring is 1. The largest absolute Gasteiger partial charge is 0.371 e.